The monoisotopic (exact) mass is 439 g/mol. The third kappa shape index (κ3) is 3.58. The molecule has 2 bridgehead atoms. The van der Waals surface area contributed by atoms with Gasteiger partial charge in [-0.1, -0.05) is 30.3 Å². The quantitative estimate of drug-likeness (QED) is 0.624. The lowest BCUT2D eigenvalue weighted by molar-refractivity contribution is -0.123. The van der Waals surface area contributed by atoms with Crippen molar-refractivity contribution in [3.8, 4) is 22.5 Å². The third-order valence-electron chi connectivity index (χ3n) is 7.85. The van der Waals surface area contributed by atoms with Crippen LogP contribution in [0.15, 0.2) is 54.9 Å². The lowest BCUT2D eigenvalue weighted by atomic mass is 10.0. The first-order valence-electron chi connectivity index (χ1n) is 11.9. The Morgan fingerprint density at radius 2 is 1.79 bits per heavy atom. The second-order valence-corrected chi connectivity index (χ2v) is 9.97. The van der Waals surface area contributed by atoms with E-state index in [1.807, 2.05) is 43.4 Å². The van der Waals surface area contributed by atoms with Crippen molar-refractivity contribution in [2.24, 2.45) is 29.6 Å². The number of carbonyl (C=O) groups excluding carboxylic acids is 1. The Labute approximate surface area is 194 Å². The molecular weight excluding hydrogens is 410 g/mol. The number of carbonyl (C=O) groups is 1. The molecule has 3 aliphatic rings. The van der Waals surface area contributed by atoms with E-state index in [0.29, 0.717) is 24.3 Å². The highest BCUT2D eigenvalue weighted by Crippen LogP contribution is 2.69. The molecule has 4 unspecified atom stereocenters. The van der Waals surface area contributed by atoms with Crippen LogP contribution in [-0.4, -0.2) is 35.0 Å². The Bertz CT molecular complexity index is 1160. The summed E-state index contributed by atoms with van der Waals surface area (Å²) in [4.78, 5) is 28.5. The Morgan fingerprint density at radius 3 is 2.45 bits per heavy atom. The molecule has 0 spiro atoms. The van der Waals surface area contributed by atoms with Crippen LogP contribution in [0.2, 0.25) is 0 Å². The standard InChI is InChI=1S/C27H29N5O/c1-32(2)27-30-15-20(21-5-3-4-12-28-21)25(31-27)17-8-6-16(7-9-17)14-29-26(33)24-22-18-10-11-19(13-18)23(22)24/h3-9,12,15,18-19,22-24H,10-11,13-14H2,1-2H3,(H,29,33). The molecule has 6 heteroatoms. The molecule has 1 aromatic carbocycles. The molecular formula is C27H29N5O. The zero-order valence-electron chi connectivity index (χ0n) is 19.1. The van der Waals surface area contributed by atoms with Gasteiger partial charge in [0, 0.05) is 50.1 Å². The number of amides is 1. The van der Waals surface area contributed by atoms with Crippen molar-refractivity contribution >= 4 is 11.9 Å². The maximum atomic E-state index is 12.8. The Kier molecular flexibility index (Phi) is 4.89. The van der Waals surface area contributed by atoms with Gasteiger partial charge in [-0.15, -0.1) is 0 Å². The van der Waals surface area contributed by atoms with Crippen molar-refractivity contribution in [1.29, 1.82) is 0 Å². The average molecular weight is 440 g/mol. The van der Waals surface area contributed by atoms with Gasteiger partial charge in [-0.3, -0.25) is 9.78 Å². The van der Waals surface area contributed by atoms with Crippen LogP contribution < -0.4 is 10.2 Å². The molecule has 6 rings (SSSR count). The van der Waals surface area contributed by atoms with Crippen LogP contribution >= 0.6 is 0 Å². The smallest absolute Gasteiger partial charge is 0.225 e. The SMILES string of the molecule is CN(C)c1ncc(-c2ccccn2)c(-c2ccc(CNC(=O)C3C4C5CCC(C5)C34)cc2)n1. The fraction of sp³-hybridized carbons (Fsp3) is 0.407. The van der Waals surface area contributed by atoms with Crippen LogP contribution in [0.25, 0.3) is 22.5 Å². The number of pyridine rings is 1. The molecule has 33 heavy (non-hydrogen) atoms. The van der Waals surface area contributed by atoms with Gasteiger partial charge in [-0.05, 0) is 60.6 Å². The number of hydrogen-bond acceptors (Lipinski definition) is 5. The molecule has 3 saturated carbocycles. The zero-order chi connectivity index (χ0) is 22.5. The van der Waals surface area contributed by atoms with Gasteiger partial charge >= 0.3 is 0 Å². The number of rotatable bonds is 6. The lowest BCUT2D eigenvalue weighted by Crippen LogP contribution is -2.27. The van der Waals surface area contributed by atoms with Gasteiger partial charge in [-0.2, -0.15) is 0 Å². The van der Waals surface area contributed by atoms with E-state index < -0.39 is 0 Å². The van der Waals surface area contributed by atoms with E-state index in [0.717, 1.165) is 39.9 Å². The number of aromatic nitrogens is 3. The number of nitrogens with zero attached hydrogens (tertiary/aromatic N) is 4. The summed E-state index contributed by atoms with van der Waals surface area (Å²) in [6.07, 6.45) is 7.68. The summed E-state index contributed by atoms with van der Waals surface area (Å²) in [6.45, 7) is 0.574. The molecule has 2 aromatic heterocycles. The fourth-order valence-corrected chi connectivity index (χ4v) is 6.28. The molecule has 1 N–H and O–H groups in total. The fourth-order valence-electron chi connectivity index (χ4n) is 6.28. The Hall–Kier alpha value is -3.28. The van der Waals surface area contributed by atoms with Crippen molar-refractivity contribution in [2.75, 3.05) is 19.0 Å². The van der Waals surface area contributed by atoms with Crippen LogP contribution in [0.4, 0.5) is 5.95 Å². The predicted octanol–water partition coefficient (Wildman–Crippen LogP) is 4.18. The van der Waals surface area contributed by atoms with Crippen molar-refractivity contribution in [2.45, 2.75) is 25.8 Å². The highest BCUT2D eigenvalue weighted by Gasteiger charge is 2.67. The van der Waals surface area contributed by atoms with Crippen molar-refractivity contribution in [1.82, 2.24) is 20.3 Å². The number of anilines is 1. The van der Waals surface area contributed by atoms with Gasteiger partial charge in [0.25, 0.3) is 0 Å². The van der Waals surface area contributed by atoms with E-state index in [-0.39, 0.29) is 11.8 Å². The number of hydrogen-bond donors (Lipinski definition) is 1. The zero-order valence-corrected chi connectivity index (χ0v) is 19.1. The highest BCUT2D eigenvalue weighted by atomic mass is 16.2. The summed E-state index contributed by atoms with van der Waals surface area (Å²) in [5, 5.41) is 3.20. The summed E-state index contributed by atoms with van der Waals surface area (Å²) in [5.74, 6) is 4.20. The van der Waals surface area contributed by atoms with Gasteiger partial charge in [0.2, 0.25) is 11.9 Å². The first-order chi connectivity index (χ1) is 16.1. The Balaban J connectivity index is 1.19. The molecule has 1 amide bonds. The van der Waals surface area contributed by atoms with Crippen LogP contribution in [0, 0.1) is 29.6 Å². The summed E-state index contributed by atoms with van der Waals surface area (Å²) in [7, 11) is 3.87. The van der Waals surface area contributed by atoms with E-state index in [1.165, 1.54) is 19.3 Å². The molecule has 0 aliphatic heterocycles. The third-order valence-corrected chi connectivity index (χ3v) is 7.85. The molecule has 0 saturated heterocycles. The molecule has 3 fully saturated rings. The topological polar surface area (TPSA) is 71.0 Å². The number of nitrogens with one attached hydrogen (secondary N) is 1. The van der Waals surface area contributed by atoms with E-state index in [9.17, 15) is 4.79 Å². The van der Waals surface area contributed by atoms with Crippen molar-refractivity contribution in [3.63, 3.8) is 0 Å². The lowest BCUT2D eigenvalue weighted by Gasteiger charge is -2.15. The first kappa shape index (κ1) is 20.3. The summed E-state index contributed by atoms with van der Waals surface area (Å²) < 4.78 is 0. The number of benzene rings is 1. The highest BCUT2D eigenvalue weighted by molar-refractivity contribution is 5.83. The normalized spacial score (nSPS) is 26.7. The van der Waals surface area contributed by atoms with Gasteiger partial charge in [0.1, 0.15) is 0 Å². The maximum Gasteiger partial charge on any atom is 0.225 e. The Morgan fingerprint density at radius 1 is 1.03 bits per heavy atom. The maximum absolute atomic E-state index is 12.8. The summed E-state index contributed by atoms with van der Waals surface area (Å²) >= 11 is 0. The average Bonchev–Trinajstić information content (AvgIpc) is 3.29. The van der Waals surface area contributed by atoms with E-state index in [4.69, 9.17) is 4.98 Å². The molecule has 0 radical (unpaired) electrons. The molecule has 4 atom stereocenters. The first-order valence-corrected chi connectivity index (χ1v) is 11.9. The molecule has 3 aliphatic carbocycles. The number of fused-ring (bicyclic) bond motifs is 5. The van der Waals surface area contributed by atoms with Crippen LogP contribution in [0.5, 0.6) is 0 Å². The van der Waals surface area contributed by atoms with Gasteiger partial charge < -0.3 is 10.2 Å². The van der Waals surface area contributed by atoms with Crippen LogP contribution in [-0.2, 0) is 11.3 Å². The minimum absolute atomic E-state index is 0.259. The van der Waals surface area contributed by atoms with Gasteiger partial charge in [0.05, 0.1) is 11.4 Å². The summed E-state index contributed by atoms with van der Waals surface area (Å²) in [6, 6.07) is 14.1. The minimum Gasteiger partial charge on any atom is -0.352 e. The molecule has 3 aromatic rings. The van der Waals surface area contributed by atoms with Gasteiger partial charge in [0.15, 0.2) is 0 Å². The van der Waals surface area contributed by atoms with Crippen LogP contribution in [0.3, 0.4) is 0 Å². The summed E-state index contributed by atoms with van der Waals surface area (Å²) in [5.41, 5.74) is 4.70. The molecule has 6 nitrogen and oxygen atoms in total. The predicted molar refractivity (Wildman–Crippen MR) is 128 cm³/mol. The van der Waals surface area contributed by atoms with Crippen LogP contribution in [0.1, 0.15) is 24.8 Å². The minimum atomic E-state index is 0.259. The second-order valence-electron chi connectivity index (χ2n) is 9.97. The molecule has 2 heterocycles. The van der Waals surface area contributed by atoms with Gasteiger partial charge in [-0.25, -0.2) is 9.97 Å². The van der Waals surface area contributed by atoms with Crippen molar-refractivity contribution in [3.05, 3.63) is 60.4 Å². The largest absolute Gasteiger partial charge is 0.352 e. The second kappa shape index (κ2) is 7.94. The van der Waals surface area contributed by atoms with E-state index >= 15 is 0 Å². The van der Waals surface area contributed by atoms with E-state index in [2.05, 4.69) is 39.6 Å². The van der Waals surface area contributed by atoms with E-state index in [1.54, 1.807) is 6.20 Å². The van der Waals surface area contributed by atoms with Crippen molar-refractivity contribution < 1.29 is 4.79 Å². The molecule has 168 valence electrons.